The molecular formula is C27H28N10O6. The first-order valence-electron chi connectivity index (χ1n) is 12.8. The summed E-state index contributed by atoms with van der Waals surface area (Å²) >= 11 is 0. The third-order valence-electron chi connectivity index (χ3n) is 6.20. The van der Waals surface area contributed by atoms with E-state index in [4.69, 9.17) is 17.2 Å². The molecule has 4 aromatic rings. The minimum absolute atomic E-state index is 0.000483. The fraction of sp³-hybridized carbons (Fsp3) is 0.185. The van der Waals surface area contributed by atoms with Crippen LogP contribution in [0.15, 0.2) is 48.7 Å². The van der Waals surface area contributed by atoms with Gasteiger partial charge in [0.1, 0.15) is 6.04 Å². The van der Waals surface area contributed by atoms with Crippen molar-refractivity contribution in [3.05, 3.63) is 71.0 Å². The van der Waals surface area contributed by atoms with Crippen molar-refractivity contribution in [2.75, 3.05) is 29.1 Å². The largest absolute Gasteiger partial charge is 0.480 e. The molecule has 0 saturated carbocycles. The van der Waals surface area contributed by atoms with Gasteiger partial charge in [-0.3, -0.25) is 9.59 Å². The number of benzene rings is 2. The smallest absolute Gasteiger partial charge is 0.336 e. The monoisotopic (exact) mass is 588 g/mol. The Morgan fingerprint density at radius 1 is 0.884 bits per heavy atom. The average Bonchev–Trinajstić information content (AvgIpc) is 2.97. The molecule has 16 nitrogen and oxygen atoms in total. The Hall–Kier alpha value is -6.06. The summed E-state index contributed by atoms with van der Waals surface area (Å²) in [6, 6.07) is 9.03. The Bertz CT molecular complexity index is 1700. The van der Waals surface area contributed by atoms with Crippen LogP contribution in [0.25, 0.3) is 11.2 Å². The normalized spacial score (nSPS) is 11.4. The van der Waals surface area contributed by atoms with Crippen LogP contribution in [0, 0.1) is 0 Å². The number of carboxylic acid groups (broad SMARTS) is 2. The van der Waals surface area contributed by atoms with Gasteiger partial charge in [0.25, 0.3) is 11.8 Å². The third-order valence-corrected chi connectivity index (χ3v) is 6.20. The highest BCUT2D eigenvalue weighted by atomic mass is 16.4. The van der Waals surface area contributed by atoms with Crippen molar-refractivity contribution in [3.8, 4) is 0 Å². The van der Waals surface area contributed by atoms with E-state index in [9.17, 15) is 29.4 Å². The number of carboxylic acids is 2. The van der Waals surface area contributed by atoms with Crippen LogP contribution in [0.2, 0.25) is 0 Å². The minimum Gasteiger partial charge on any atom is -0.480 e. The lowest BCUT2D eigenvalue weighted by molar-refractivity contribution is -0.139. The number of anilines is 4. The number of hydrogen-bond acceptors (Lipinski definition) is 12. The number of rotatable bonds is 12. The maximum atomic E-state index is 12.7. The van der Waals surface area contributed by atoms with Crippen LogP contribution >= 0.6 is 0 Å². The Labute approximate surface area is 243 Å². The maximum absolute atomic E-state index is 12.7. The number of aromatic nitrogens is 4. The van der Waals surface area contributed by atoms with Crippen molar-refractivity contribution >= 4 is 58.1 Å². The molecule has 2 aromatic heterocycles. The van der Waals surface area contributed by atoms with Gasteiger partial charge in [0.15, 0.2) is 17.0 Å². The molecule has 11 N–H and O–H groups in total. The van der Waals surface area contributed by atoms with Crippen molar-refractivity contribution in [2.45, 2.75) is 25.4 Å². The number of amides is 2. The molecule has 0 aliphatic carbocycles. The van der Waals surface area contributed by atoms with Crippen LogP contribution in [-0.2, 0) is 11.3 Å². The zero-order chi connectivity index (χ0) is 31.1. The highest BCUT2D eigenvalue weighted by Gasteiger charge is 2.21. The highest BCUT2D eigenvalue weighted by molar-refractivity contribution is 6.05. The van der Waals surface area contributed by atoms with E-state index in [0.29, 0.717) is 16.9 Å². The van der Waals surface area contributed by atoms with E-state index in [1.807, 2.05) is 0 Å². The molecule has 0 bridgehead atoms. The Morgan fingerprint density at radius 3 is 2.33 bits per heavy atom. The van der Waals surface area contributed by atoms with E-state index in [1.165, 1.54) is 36.5 Å². The first-order chi connectivity index (χ1) is 20.5. The van der Waals surface area contributed by atoms with Crippen LogP contribution in [0.5, 0.6) is 0 Å². The predicted molar refractivity (Wildman–Crippen MR) is 156 cm³/mol. The zero-order valence-corrected chi connectivity index (χ0v) is 22.6. The predicted octanol–water partition coefficient (Wildman–Crippen LogP) is 0.870. The summed E-state index contributed by atoms with van der Waals surface area (Å²) < 4.78 is 0. The summed E-state index contributed by atoms with van der Waals surface area (Å²) in [6.45, 7) is 0.337. The number of hydrogen-bond donors (Lipinski definition) is 8. The molecule has 0 radical (unpaired) electrons. The van der Waals surface area contributed by atoms with Crippen molar-refractivity contribution in [2.24, 2.45) is 0 Å². The van der Waals surface area contributed by atoms with Crippen molar-refractivity contribution < 1.29 is 29.4 Å². The molecule has 2 heterocycles. The van der Waals surface area contributed by atoms with Gasteiger partial charge in [0, 0.05) is 23.5 Å². The van der Waals surface area contributed by atoms with E-state index in [0.717, 1.165) is 0 Å². The average molecular weight is 589 g/mol. The molecule has 0 unspecified atom stereocenters. The second-order valence-electron chi connectivity index (χ2n) is 9.30. The Balaban J connectivity index is 1.27. The van der Waals surface area contributed by atoms with Gasteiger partial charge in [-0.2, -0.15) is 9.97 Å². The number of aromatic carboxylic acids is 1. The molecule has 16 heteroatoms. The molecule has 0 aliphatic heterocycles. The van der Waals surface area contributed by atoms with Crippen molar-refractivity contribution in [3.63, 3.8) is 0 Å². The highest BCUT2D eigenvalue weighted by Crippen LogP contribution is 2.17. The van der Waals surface area contributed by atoms with Gasteiger partial charge in [-0.25, -0.2) is 19.6 Å². The third kappa shape index (κ3) is 7.57. The standard InChI is InChI=1S/C27H28N10O6/c28-14-5-8-17(18(10-14)25(40)41)24(39)31-9-1-2-19(26(42)43)35-23(38)13-3-6-15(7-4-13)32-11-16-12-33-22-20(34-16)21(29)36-27(30)37-22/h3-8,10,12,19,32H,1-2,9,11,28H2,(H,31,39)(H,35,38)(H,40,41)(H,42,43)(H4,29,30,33,36,37)/t19-/m0/s1. The molecule has 2 aromatic carbocycles. The SMILES string of the molecule is Nc1ccc(C(=O)NCCC[C@H](NC(=O)c2ccc(NCc3cnc4nc(N)nc(N)c4n3)cc2)C(=O)O)c(C(=O)O)c1. The minimum atomic E-state index is -1.30. The summed E-state index contributed by atoms with van der Waals surface area (Å²) in [5, 5.41) is 27.0. The van der Waals surface area contributed by atoms with Gasteiger partial charge in [-0.1, -0.05) is 0 Å². The number of carbonyl (C=O) groups excluding carboxylic acids is 2. The number of aliphatic carboxylic acids is 1. The van der Waals surface area contributed by atoms with E-state index < -0.39 is 29.8 Å². The Kier molecular flexibility index (Phi) is 9.09. The molecule has 2 amide bonds. The number of carbonyl (C=O) groups is 4. The first kappa shape index (κ1) is 29.9. The Morgan fingerprint density at radius 2 is 1.63 bits per heavy atom. The van der Waals surface area contributed by atoms with Gasteiger partial charge < -0.3 is 43.4 Å². The molecule has 0 saturated heterocycles. The maximum Gasteiger partial charge on any atom is 0.336 e. The fourth-order valence-electron chi connectivity index (χ4n) is 4.04. The van der Waals surface area contributed by atoms with E-state index in [2.05, 4.69) is 35.9 Å². The second-order valence-corrected chi connectivity index (χ2v) is 9.30. The lowest BCUT2D eigenvalue weighted by Crippen LogP contribution is -2.41. The molecule has 4 rings (SSSR count). The molecule has 0 fully saturated rings. The van der Waals surface area contributed by atoms with Crippen LogP contribution in [0.4, 0.5) is 23.1 Å². The van der Waals surface area contributed by atoms with Gasteiger partial charge in [-0.15, -0.1) is 0 Å². The number of nitrogen functional groups attached to an aromatic ring is 3. The number of nitrogens with zero attached hydrogens (tertiary/aromatic N) is 4. The number of nitrogens with two attached hydrogens (primary N) is 3. The number of fused-ring (bicyclic) bond motifs is 1. The molecule has 0 spiro atoms. The van der Waals surface area contributed by atoms with Gasteiger partial charge in [-0.05, 0) is 55.3 Å². The molecule has 1 atom stereocenters. The van der Waals surface area contributed by atoms with Crippen LogP contribution in [0.3, 0.4) is 0 Å². The topological polar surface area (TPSA) is 274 Å². The zero-order valence-electron chi connectivity index (χ0n) is 22.6. The van der Waals surface area contributed by atoms with Crippen LogP contribution in [-0.4, -0.2) is 66.5 Å². The van der Waals surface area contributed by atoms with E-state index >= 15 is 0 Å². The van der Waals surface area contributed by atoms with Crippen molar-refractivity contribution in [1.82, 2.24) is 30.6 Å². The lowest BCUT2D eigenvalue weighted by atomic mass is 10.1. The second kappa shape index (κ2) is 13.1. The summed E-state index contributed by atoms with van der Waals surface area (Å²) in [4.78, 5) is 64.7. The molecule has 222 valence electrons. The van der Waals surface area contributed by atoms with E-state index in [-0.39, 0.29) is 65.7 Å². The fourth-order valence-corrected chi connectivity index (χ4v) is 4.04. The molecule has 43 heavy (non-hydrogen) atoms. The van der Waals surface area contributed by atoms with Crippen LogP contribution in [0.1, 0.15) is 49.6 Å². The van der Waals surface area contributed by atoms with Crippen molar-refractivity contribution in [1.29, 1.82) is 0 Å². The quantitative estimate of drug-likeness (QED) is 0.0842. The first-order valence-corrected chi connectivity index (χ1v) is 12.8. The number of nitrogens with one attached hydrogen (secondary N) is 3. The van der Waals surface area contributed by atoms with Gasteiger partial charge in [0.05, 0.1) is 29.6 Å². The summed E-state index contributed by atoms with van der Waals surface area (Å²) in [6.07, 6.45) is 1.74. The van der Waals surface area contributed by atoms with E-state index in [1.54, 1.807) is 12.1 Å². The lowest BCUT2D eigenvalue weighted by Gasteiger charge is -2.15. The molecular weight excluding hydrogens is 560 g/mol. The summed E-state index contributed by atoms with van der Waals surface area (Å²) in [5.74, 6) is -3.66. The van der Waals surface area contributed by atoms with Crippen LogP contribution < -0.4 is 33.2 Å². The summed E-state index contributed by atoms with van der Waals surface area (Å²) in [7, 11) is 0. The van der Waals surface area contributed by atoms with Gasteiger partial charge in [0.2, 0.25) is 5.95 Å². The summed E-state index contributed by atoms with van der Waals surface area (Å²) in [5.41, 5.74) is 19.0. The van der Waals surface area contributed by atoms with Gasteiger partial charge >= 0.3 is 11.9 Å². The molecule has 0 aliphatic rings.